The molecule has 2 amide bonds. The topological polar surface area (TPSA) is 55.9 Å². The second-order valence-corrected chi connectivity index (χ2v) is 7.63. The molecule has 3 rings (SSSR count). The number of carbonyl (C=O) groups excluding carboxylic acids is 2. The van der Waals surface area contributed by atoms with E-state index in [2.05, 4.69) is 22.2 Å². The Labute approximate surface area is 156 Å². The van der Waals surface area contributed by atoms with Gasteiger partial charge in [0.15, 0.2) is 0 Å². The summed E-state index contributed by atoms with van der Waals surface area (Å²) in [6, 6.07) is 8.02. The van der Waals surface area contributed by atoms with Gasteiger partial charge in [-0.1, -0.05) is 0 Å². The van der Waals surface area contributed by atoms with Crippen LogP contribution in [0.2, 0.25) is 0 Å². The number of rotatable bonds is 2. The summed E-state index contributed by atoms with van der Waals surface area (Å²) in [6.07, 6.45) is 3.04. The van der Waals surface area contributed by atoms with E-state index in [0.29, 0.717) is 5.69 Å². The Morgan fingerprint density at radius 3 is 2.12 bits per heavy atom. The summed E-state index contributed by atoms with van der Waals surface area (Å²) in [6.45, 7) is 8.16. The maximum absolute atomic E-state index is 12.6. The van der Waals surface area contributed by atoms with Crippen molar-refractivity contribution in [1.82, 2.24) is 9.80 Å². The zero-order chi connectivity index (χ0) is 18.7. The Hall–Kier alpha value is -2.08. The molecule has 2 saturated heterocycles. The third kappa shape index (κ3) is 4.18. The molecular weight excluding hydrogens is 328 g/mol. The lowest BCUT2D eigenvalue weighted by Crippen LogP contribution is -2.51. The number of amides is 2. The minimum atomic E-state index is -0.544. The number of benzene rings is 1. The summed E-state index contributed by atoms with van der Waals surface area (Å²) in [5.41, 5.74) is 1.82. The Morgan fingerprint density at radius 1 is 0.962 bits per heavy atom. The molecule has 26 heavy (non-hydrogen) atoms. The summed E-state index contributed by atoms with van der Waals surface area (Å²) >= 11 is 0. The predicted molar refractivity (Wildman–Crippen MR) is 104 cm³/mol. The molecule has 0 saturated carbocycles. The summed E-state index contributed by atoms with van der Waals surface area (Å²) in [4.78, 5) is 31.4. The van der Waals surface area contributed by atoms with Crippen LogP contribution in [0.15, 0.2) is 24.3 Å². The van der Waals surface area contributed by atoms with E-state index in [-0.39, 0.29) is 12.1 Å². The number of piperidine rings is 1. The van der Waals surface area contributed by atoms with Crippen molar-refractivity contribution in [2.75, 3.05) is 43.4 Å². The van der Waals surface area contributed by atoms with Gasteiger partial charge in [0.1, 0.15) is 0 Å². The van der Waals surface area contributed by atoms with E-state index in [1.165, 1.54) is 0 Å². The monoisotopic (exact) mass is 358 g/mol. The average Bonchev–Trinajstić information content (AvgIpc) is 2.63. The van der Waals surface area contributed by atoms with Crippen LogP contribution in [0, 0.1) is 0 Å². The van der Waals surface area contributed by atoms with Crippen molar-refractivity contribution in [3.63, 3.8) is 0 Å². The molecule has 2 atom stereocenters. The van der Waals surface area contributed by atoms with Crippen LogP contribution in [-0.4, -0.2) is 66.9 Å². The summed E-state index contributed by atoms with van der Waals surface area (Å²) in [5, 5.41) is 2.76. The fourth-order valence-corrected chi connectivity index (χ4v) is 3.94. The van der Waals surface area contributed by atoms with E-state index >= 15 is 0 Å². The number of carbonyl (C=O) groups is 2. The minimum Gasteiger partial charge on any atom is -0.369 e. The first-order valence-corrected chi connectivity index (χ1v) is 9.63. The molecule has 2 aliphatic heterocycles. The normalized spacial score (nSPS) is 24.4. The van der Waals surface area contributed by atoms with Crippen molar-refractivity contribution in [2.24, 2.45) is 0 Å². The highest BCUT2D eigenvalue weighted by atomic mass is 16.2. The molecule has 0 bridgehead atoms. The van der Waals surface area contributed by atoms with Crippen LogP contribution in [0.4, 0.5) is 11.4 Å². The van der Waals surface area contributed by atoms with Gasteiger partial charge in [-0.3, -0.25) is 9.59 Å². The molecule has 142 valence electrons. The number of anilines is 2. The van der Waals surface area contributed by atoms with Gasteiger partial charge in [-0.25, -0.2) is 0 Å². The molecule has 2 heterocycles. The molecule has 6 nitrogen and oxygen atoms in total. The summed E-state index contributed by atoms with van der Waals surface area (Å²) < 4.78 is 0. The van der Waals surface area contributed by atoms with Crippen molar-refractivity contribution in [1.29, 1.82) is 0 Å². The molecule has 2 aliphatic rings. The van der Waals surface area contributed by atoms with Crippen LogP contribution in [0.5, 0.6) is 0 Å². The zero-order valence-electron chi connectivity index (χ0n) is 16.1. The maximum Gasteiger partial charge on any atom is 0.313 e. The Morgan fingerprint density at radius 2 is 1.54 bits per heavy atom. The summed E-state index contributed by atoms with van der Waals surface area (Å²) in [5.74, 6) is -0.967. The van der Waals surface area contributed by atoms with Crippen molar-refractivity contribution >= 4 is 23.2 Å². The van der Waals surface area contributed by atoms with Gasteiger partial charge in [-0.2, -0.15) is 0 Å². The minimum absolute atomic E-state index is 0.122. The van der Waals surface area contributed by atoms with Gasteiger partial charge in [-0.05, 0) is 64.4 Å². The molecule has 1 aromatic carbocycles. The number of hydrogen-bond donors (Lipinski definition) is 1. The quantitative estimate of drug-likeness (QED) is 0.823. The van der Waals surface area contributed by atoms with E-state index < -0.39 is 11.8 Å². The fourth-order valence-electron chi connectivity index (χ4n) is 3.94. The molecule has 6 heteroatoms. The summed E-state index contributed by atoms with van der Waals surface area (Å²) in [7, 11) is 2.14. The average molecular weight is 358 g/mol. The van der Waals surface area contributed by atoms with E-state index in [0.717, 1.165) is 51.1 Å². The maximum atomic E-state index is 12.6. The van der Waals surface area contributed by atoms with Crippen molar-refractivity contribution in [3.8, 4) is 0 Å². The van der Waals surface area contributed by atoms with Crippen LogP contribution in [-0.2, 0) is 9.59 Å². The van der Waals surface area contributed by atoms with E-state index in [1.54, 1.807) is 4.90 Å². The van der Waals surface area contributed by atoms with E-state index in [9.17, 15) is 9.59 Å². The van der Waals surface area contributed by atoms with Crippen LogP contribution in [0.3, 0.4) is 0 Å². The smallest absolute Gasteiger partial charge is 0.313 e. The van der Waals surface area contributed by atoms with Gasteiger partial charge in [0.25, 0.3) is 0 Å². The molecule has 2 fully saturated rings. The number of nitrogens with one attached hydrogen (secondary N) is 1. The first kappa shape index (κ1) is 18.7. The lowest BCUT2D eigenvalue weighted by molar-refractivity contribution is -0.147. The SMILES string of the molecule is CC1CCCC(C)N1C(=O)C(=O)Nc1ccc(N2CCN(C)CC2)cc1. The number of hydrogen-bond acceptors (Lipinski definition) is 4. The Bertz CT molecular complexity index is 628. The molecule has 0 spiro atoms. The van der Waals surface area contributed by atoms with Gasteiger partial charge < -0.3 is 20.0 Å². The van der Waals surface area contributed by atoms with Crippen LogP contribution in [0.25, 0.3) is 0 Å². The third-order valence-corrected chi connectivity index (χ3v) is 5.62. The number of piperazine rings is 1. The van der Waals surface area contributed by atoms with Crippen LogP contribution < -0.4 is 10.2 Å². The fraction of sp³-hybridized carbons (Fsp3) is 0.600. The number of likely N-dealkylation sites (N-methyl/N-ethyl adjacent to an activating group) is 1. The van der Waals surface area contributed by atoms with Gasteiger partial charge in [-0.15, -0.1) is 0 Å². The second kappa shape index (κ2) is 8.08. The molecular formula is C20H30N4O2. The largest absolute Gasteiger partial charge is 0.369 e. The lowest BCUT2D eigenvalue weighted by atomic mass is 9.97. The zero-order valence-corrected chi connectivity index (χ0v) is 16.1. The highest BCUT2D eigenvalue weighted by Gasteiger charge is 2.32. The third-order valence-electron chi connectivity index (χ3n) is 5.62. The van der Waals surface area contributed by atoms with Crippen molar-refractivity contribution in [2.45, 2.75) is 45.2 Å². The lowest BCUT2D eigenvalue weighted by Gasteiger charge is -2.38. The van der Waals surface area contributed by atoms with E-state index in [4.69, 9.17) is 0 Å². The number of likely N-dealkylation sites (tertiary alicyclic amines) is 1. The first-order valence-electron chi connectivity index (χ1n) is 9.63. The Kier molecular flexibility index (Phi) is 5.81. The highest BCUT2D eigenvalue weighted by molar-refractivity contribution is 6.39. The van der Waals surface area contributed by atoms with Gasteiger partial charge in [0.2, 0.25) is 0 Å². The Balaban J connectivity index is 1.59. The standard InChI is InChI=1S/C20H30N4O2/c1-15-5-4-6-16(2)24(15)20(26)19(25)21-17-7-9-18(10-8-17)23-13-11-22(3)12-14-23/h7-10,15-16H,4-6,11-14H2,1-3H3,(H,21,25). The predicted octanol–water partition coefficient (Wildman–Crippen LogP) is 2.17. The molecule has 0 aromatic heterocycles. The number of nitrogens with zero attached hydrogens (tertiary/aromatic N) is 3. The van der Waals surface area contributed by atoms with Gasteiger partial charge >= 0.3 is 11.8 Å². The molecule has 2 unspecified atom stereocenters. The molecule has 1 aromatic rings. The highest BCUT2D eigenvalue weighted by Crippen LogP contribution is 2.23. The van der Waals surface area contributed by atoms with E-state index in [1.807, 2.05) is 38.1 Å². The molecule has 1 N–H and O–H groups in total. The van der Waals surface area contributed by atoms with Gasteiger partial charge in [0, 0.05) is 49.6 Å². The van der Waals surface area contributed by atoms with Gasteiger partial charge in [0.05, 0.1) is 0 Å². The molecule has 0 radical (unpaired) electrons. The second-order valence-electron chi connectivity index (χ2n) is 7.63. The van der Waals surface area contributed by atoms with Crippen LogP contribution in [0.1, 0.15) is 33.1 Å². The van der Waals surface area contributed by atoms with Crippen LogP contribution >= 0.6 is 0 Å². The first-order chi connectivity index (χ1) is 12.5. The molecule has 0 aliphatic carbocycles. The van der Waals surface area contributed by atoms with Crippen molar-refractivity contribution in [3.05, 3.63) is 24.3 Å². The van der Waals surface area contributed by atoms with Crippen molar-refractivity contribution < 1.29 is 9.59 Å².